The van der Waals surface area contributed by atoms with Crippen LogP contribution in [0.3, 0.4) is 0 Å². The first-order valence-corrected chi connectivity index (χ1v) is 5.84. The molecule has 0 unspecified atom stereocenters. The van der Waals surface area contributed by atoms with E-state index >= 15 is 0 Å². The van der Waals surface area contributed by atoms with Crippen LogP contribution in [0, 0.1) is 0 Å². The van der Waals surface area contributed by atoms with E-state index < -0.39 is 0 Å². The molecule has 0 bridgehead atoms. The van der Waals surface area contributed by atoms with E-state index in [1.807, 2.05) is 35.2 Å². The first-order chi connectivity index (χ1) is 7.79. The Bertz CT molecular complexity index is 383. The van der Waals surface area contributed by atoms with Gasteiger partial charge in [-0.1, -0.05) is 43.3 Å². The molecule has 0 saturated carbocycles. The lowest BCUT2D eigenvalue weighted by molar-refractivity contribution is -0.127. The number of carbonyl (C=O) groups excluding carboxylic acids is 1. The summed E-state index contributed by atoms with van der Waals surface area (Å²) in [5.74, 6) is 0.214. The molecule has 0 aliphatic carbocycles. The van der Waals surface area contributed by atoms with E-state index in [0.29, 0.717) is 6.42 Å². The lowest BCUT2D eigenvalue weighted by Crippen LogP contribution is -2.28. The number of benzene rings is 1. The fraction of sp³-hybridized carbons (Fsp3) is 0.357. The van der Waals surface area contributed by atoms with Crippen LogP contribution in [0.2, 0.25) is 0 Å². The molecule has 1 aliphatic rings. The Kier molecular flexibility index (Phi) is 3.40. The van der Waals surface area contributed by atoms with Crippen LogP contribution in [0.5, 0.6) is 0 Å². The van der Waals surface area contributed by atoms with Crippen LogP contribution in [0.4, 0.5) is 0 Å². The Morgan fingerprint density at radius 2 is 1.88 bits per heavy atom. The average Bonchev–Trinajstić information content (AvgIpc) is 2.54. The van der Waals surface area contributed by atoms with Gasteiger partial charge in [0, 0.05) is 18.7 Å². The van der Waals surface area contributed by atoms with E-state index in [1.165, 1.54) is 0 Å². The van der Waals surface area contributed by atoms with Crippen molar-refractivity contribution in [2.45, 2.75) is 25.7 Å². The largest absolute Gasteiger partial charge is 0.312 e. The monoisotopic (exact) mass is 215 g/mol. The summed E-state index contributed by atoms with van der Waals surface area (Å²) in [5.41, 5.74) is 1.88. The number of carbonyl (C=O) groups is 1. The van der Waals surface area contributed by atoms with Crippen molar-refractivity contribution in [3.63, 3.8) is 0 Å². The molecule has 16 heavy (non-hydrogen) atoms. The lowest BCUT2D eigenvalue weighted by atomic mass is 10.1. The Labute approximate surface area is 96.6 Å². The Balaban J connectivity index is 2.17. The van der Waals surface area contributed by atoms with Gasteiger partial charge >= 0.3 is 0 Å². The molecule has 0 aromatic heterocycles. The van der Waals surface area contributed by atoms with Crippen molar-refractivity contribution in [1.82, 2.24) is 4.90 Å². The minimum Gasteiger partial charge on any atom is -0.312 e. The summed E-state index contributed by atoms with van der Waals surface area (Å²) in [6.45, 7) is 4.86. The summed E-state index contributed by atoms with van der Waals surface area (Å²) in [6.07, 6.45) is 3.89. The molecule has 2 nitrogen and oxygen atoms in total. The molecule has 2 heteroatoms. The number of likely N-dealkylation sites (tertiary alicyclic amines) is 1. The second-order valence-corrected chi connectivity index (χ2v) is 4.17. The first kappa shape index (κ1) is 10.9. The van der Waals surface area contributed by atoms with Crippen LogP contribution in [-0.2, 0) is 4.79 Å². The van der Waals surface area contributed by atoms with Crippen LogP contribution >= 0.6 is 0 Å². The molecular formula is C14H17NO. The molecule has 1 amide bonds. The van der Waals surface area contributed by atoms with E-state index in [2.05, 4.69) is 6.58 Å². The third kappa shape index (κ3) is 2.32. The SMILES string of the molecule is C=C(c1ccccc1)N1CCCCCC1=O. The normalized spacial score (nSPS) is 17.0. The van der Waals surface area contributed by atoms with E-state index in [0.717, 1.165) is 37.1 Å². The summed E-state index contributed by atoms with van der Waals surface area (Å²) in [4.78, 5) is 13.7. The Morgan fingerprint density at radius 3 is 2.62 bits per heavy atom. The predicted octanol–water partition coefficient (Wildman–Crippen LogP) is 3.06. The van der Waals surface area contributed by atoms with Gasteiger partial charge in [0.25, 0.3) is 0 Å². The van der Waals surface area contributed by atoms with Gasteiger partial charge in [0.15, 0.2) is 0 Å². The smallest absolute Gasteiger partial charge is 0.226 e. The van der Waals surface area contributed by atoms with Crippen molar-refractivity contribution >= 4 is 11.6 Å². The zero-order valence-electron chi connectivity index (χ0n) is 9.48. The van der Waals surface area contributed by atoms with Crippen molar-refractivity contribution in [2.24, 2.45) is 0 Å². The molecule has 2 rings (SSSR count). The Morgan fingerprint density at radius 1 is 1.12 bits per heavy atom. The van der Waals surface area contributed by atoms with Crippen molar-refractivity contribution in [3.05, 3.63) is 42.5 Å². The summed E-state index contributed by atoms with van der Waals surface area (Å²) in [7, 11) is 0. The lowest BCUT2D eigenvalue weighted by Gasteiger charge is -2.23. The zero-order valence-corrected chi connectivity index (χ0v) is 9.48. The van der Waals surface area contributed by atoms with E-state index in [9.17, 15) is 4.79 Å². The number of amides is 1. The molecule has 0 N–H and O–H groups in total. The van der Waals surface area contributed by atoms with Gasteiger partial charge in [0.05, 0.1) is 0 Å². The third-order valence-electron chi connectivity index (χ3n) is 3.01. The van der Waals surface area contributed by atoms with Crippen LogP contribution in [-0.4, -0.2) is 17.4 Å². The molecule has 0 radical (unpaired) electrons. The fourth-order valence-electron chi connectivity index (χ4n) is 2.05. The minimum absolute atomic E-state index is 0.214. The van der Waals surface area contributed by atoms with Crippen LogP contribution in [0.15, 0.2) is 36.9 Å². The quantitative estimate of drug-likeness (QED) is 0.742. The molecular weight excluding hydrogens is 198 g/mol. The van der Waals surface area contributed by atoms with Crippen LogP contribution in [0.1, 0.15) is 31.2 Å². The Hall–Kier alpha value is -1.57. The summed E-state index contributed by atoms with van der Waals surface area (Å²) >= 11 is 0. The van der Waals surface area contributed by atoms with Gasteiger partial charge in [0.1, 0.15) is 0 Å². The molecule has 1 saturated heterocycles. The number of hydrogen-bond donors (Lipinski definition) is 0. The molecule has 1 aromatic carbocycles. The van der Waals surface area contributed by atoms with E-state index in [1.54, 1.807) is 0 Å². The van der Waals surface area contributed by atoms with Gasteiger partial charge in [-0.25, -0.2) is 0 Å². The third-order valence-corrected chi connectivity index (χ3v) is 3.01. The maximum atomic E-state index is 11.9. The summed E-state index contributed by atoms with van der Waals surface area (Å²) in [5, 5.41) is 0. The van der Waals surface area contributed by atoms with Crippen molar-refractivity contribution in [3.8, 4) is 0 Å². The predicted molar refractivity (Wildman–Crippen MR) is 65.7 cm³/mol. The summed E-state index contributed by atoms with van der Waals surface area (Å²) in [6, 6.07) is 9.92. The molecule has 1 heterocycles. The second-order valence-electron chi connectivity index (χ2n) is 4.17. The fourth-order valence-corrected chi connectivity index (χ4v) is 2.05. The average molecular weight is 215 g/mol. The van der Waals surface area contributed by atoms with Crippen molar-refractivity contribution in [2.75, 3.05) is 6.54 Å². The van der Waals surface area contributed by atoms with Crippen molar-refractivity contribution in [1.29, 1.82) is 0 Å². The van der Waals surface area contributed by atoms with Crippen molar-refractivity contribution < 1.29 is 4.79 Å². The zero-order chi connectivity index (χ0) is 11.4. The second kappa shape index (κ2) is 4.97. The number of rotatable bonds is 2. The molecule has 1 aliphatic heterocycles. The molecule has 1 aromatic rings. The molecule has 0 atom stereocenters. The number of nitrogens with zero attached hydrogens (tertiary/aromatic N) is 1. The highest BCUT2D eigenvalue weighted by molar-refractivity contribution is 5.86. The van der Waals surface area contributed by atoms with Gasteiger partial charge in [-0.05, 0) is 18.4 Å². The molecule has 84 valence electrons. The molecule has 1 fully saturated rings. The van der Waals surface area contributed by atoms with Gasteiger partial charge in [-0.2, -0.15) is 0 Å². The molecule has 0 spiro atoms. The van der Waals surface area contributed by atoms with Gasteiger partial charge < -0.3 is 4.90 Å². The van der Waals surface area contributed by atoms with Crippen LogP contribution in [0.25, 0.3) is 5.70 Å². The van der Waals surface area contributed by atoms with E-state index in [-0.39, 0.29) is 5.91 Å². The van der Waals surface area contributed by atoms with Crippen LogP contribution < -0.4 is 0 Å². The first-order valence-electron chi connectivity index (χ1n) is 5.84. The highest BCUT2D eigenvalue weighted by Gasteiger charge is 2.19. The maximum Gasteiger partial charge on any atom is 0.226 e. The van der Waals surface area contributed by atoms with Gasteiger partial charge in [-0.15, -0.1) is 0 Å². The minimum atomic E-state index is 0.214. The topological polar surface area (TPSA) is 20.3 Å². The highest BCUT2D eigenvalue weighted by Crippen LogP contribution is 2.22. The van der Waals surface area contributed by atoms with Gasteiger partial charge in [0.2, 0.25) is 5.91 Å². The van der Waals surface area contributed by atoms with E-state index in [4.69, 9.17) is 0 Å². The highest BCUT2D eigenvalue weighted by atomic mass is 16.2. The number of hydrogen-bond acceptors (Lipinski definition) is 1. The maximum absolute atomic E-state index is 11.9. The standard InChI is InChI=1S/C14H17NO/c1-12(13-8-4-2-5-9-13)15-11-7-3-6-10-14(15)16/h2,4-5,8-9H,1,3,6-7,10-11H2. The summed E-state index contributed by atoms with van der Waals surface area (Å²) < 4.78 is 0. The van der Waals surface area contributed by atoms with Gasteiger partial charge in [-0.3, -0.25) is 4.79 Å².